The molecule has 11 amide bonds. The fraction of sp³-hybridized carbons (Fsp3) is 0.574. The maximum absolute atomic E-state index is 16.5. The Balaban J connectivity index is 1.54. The smallest absolute Gasteiger partial charge is 0.245 e. The van der Waals surface area contributed by atoms with Crippen LogP contribution >= 0.6 is 21.6 Å². The number of H-pyrrole nitrogens is 1. The number of carbonyl (C=O) groups is 16. The van der Waals surface area contributed by atoms with E-state index in [4.69, 9.17) is 27.7 Å². The van der Waals surface area contributed by atoms with Crippen LogP contribution in [-0.2, 0) is 96.0 Å². The molecule has 1 saturated heterocycles. The van der Waals surface area contributed by atoms with Crippen molar-refractivity contribution in [3.8, 4) is 5.75 Å². The summed E-state index contributed by atoms with van der Waals surface area (Å²) >= 11 is 0. The van der Waals surface area contributed by atoms with Crippen molar-refractivity contribution in [3.63, 3.8) is 0 Å². The van der Waals surface area contributed by atoms with Crippen LogP contribution in [0.25, 0.3) is 21.7 Å². The van der Waals surface area contributed by atoms with Gasteiger partial charge in [-0.15, -0.1) is 0 Å². The van der Waals surface area contributed by atoms with Gasteiger partial charge in [0.15, 0.2) is 17.3 Å². The Morgan fingerprint density at radius 1 is 0.620 bits per heavy atom. The highest BCUT2D eigenvalue weighted by molar-refractivity contribution is 8.77. The number of ketones is 5. The zero-order valence-electron chi connectivity index (χ0n) is 76.9. The van der Waals surface area contributed by atoms with E-state index >= 15 is 28.8 Å². The number of rotatable bonds is 49. The Hall–Kier alpha value is -10.5. The number of Topliss-reactive ketones (excluding diaryl/α,β-unsaturated/α-hetero) is 5. The number of nitrogens with one attached hydrogen (secondary N) is 11. The second-order valence-electron chi connectivity index (χ2n) is 36.0. The lowest BCUT2D eigenvalue weighted by Crippen LogP contribution is -2.63. The van der Waals surface area contributed by atoms with Crippen LogP contribution in [0.15, 0.2) is 91.1 Å². The number of primary amides is 2. The molecule has 0 saturated carbocycles. The van der Waals surface area contributed by atoms with E-state index < -0.39 is 183 Å². The quantitative estimate of drug-likeness (QED) is 0.0165. The van der Waals surface area contributed by atoms with Crippen molar-refractivity contribution in [1.82, 2.24) is 58.2 Å². The van der Waals surface area contributed by atoms with E-state index in [9.17, 15) is 53.1 Å². The number of unbranched alkanes of at least 4 members (excludes halogenated alkanes) is 4. The minimum atomic E-state index is -1.90. The Labute approximate surface area is 764 Å². The number of carbonyl (C=O) groups excluding carboxylic acids is 16. The van der Waals surface area contributed by atoms with Crippen LogP contribution in [0.4, 0.5) is 0 Å². The first-order valence-electron chi connectivity index (χ1n) is 44.6. The maximum Gasteiger partial charge on any atom is 0.245 e. The van der Waals surface area contributed by atoms with Crippen molar-refractivity contribution in [2.45, 2.75) is 288 Å². The number of nitrogens with two attached hydrogens (primary N) is 4. The van der Waals surface area contributed by atoms with Crippen LogP contribution < -0.4 is 80.8 Å². The number of fused-ring (bicyclic) bond motifs is 2. The van der Waals surface area contributed by atoms with E-state index in [1.165, 1.54) is 27.7 Å². The largest absolute Gasteiger partial charge is 0.492 e. The van der Waals surface area contributed by atoms with Crippen molar-refractivity contribution in [2.75, 3.05) is 32.8 Å². The van der Waals surface area contributed by atoms with Crippen LogP contribution in [0.1, 0.15) is 214 Å². The number of hydrogen-bond acceptors (Lipinski definition) is 23. The summed E-state index contributed by atoms with van der Waals surface area (Å²) in [6.45, 7) is 21.1. The minimum Gasteiger partial charge on any atom is -0.492 e. The van der Waals surface area contributed by atoms with Gasteiger partial charge in [-0.1, -0.05) is 134 Å². The van der Waals surface area contributed by atoms with Gasteiger partial charge in [0.05, 0.1) is 36.1 Å². The molecule has 5 aromatic rings. The number of aromatic nitrogens is 1. The Kier molecular flexibility index (Phi) is 43.1. The molecule has 129 heavy (non-hydrogen) atoms. The van der Waals surface area contributed by atoms with E-state index in [2.05, 4.69) is 58.2 Å². The molecule has 13 atom stereocenters. The van der Waals surface area contributed by atoms with Gasteiger partial charge in [0.25, 0.3) is 0 Å². The highest BCUT2D eigenvalue weighted by Gasteiger charge is 2.47. The Morgan fingerprint density at radius 2 is 1.28 bits per heavy atom. The van der Waals surface area contributed by atoms with Gasteiger partial charge >= 0.3 is 0 Å². The molecular formula is C94H137N15O18S2. The average Bonchev–Trinajstić information content (AvgIpc) is 1.79. The monoisotopic (exact) mass is 1830 g/mol. The molecule has 20 N–H and O–H groups in total. The van der Waals surface area contributed by atoms with Gasteiger partial charge < -0.3 is 95.7 Å². The van der Waals surface area contributed by atoms with Crippen LogP contribution in [0.3, 0.4) is 0 Å². The summed E-state index contributed by atoms with van der Waals surface area (Å²) in [5.74, 6) is -13.2. The molecule has 33 nitrogen and oxygen atoms in total. The summed E-state index contributed by atoms with van der Waals surface area (Å²) in [6, 6.07) is 11.7. The normalized spacial score (nSPS) is 19.5. The number of aryl methyl sites for hydroxylation is 1. The first-order chi connectivity index (χ1) is 60.8. The highest BCUT2D eigenvalue weighted by Crippen LogP contribution is 2.47. The lowest BCUT2D eigenvalue weighted by atomic mass is 9.77. The summed E-state index contributed by atoms with van der Waals surface area (Å²) in [5, 5.41) is 41.7. The number of hydrogen-bond donors (Lipinski definition) is 16. The maximum atomic E-state index is 16.5. The standard InChI is InChI=1S/C94H137N15O18S2/c1-54(2)42-72(57(5)111)100-52-63(47-79(97)118)46-76(115)70(29-19-22-40-99-59(7)113)107-91(126)94(13,37-20-21-38-95)51-78(117)73(45-62-31-34-64-26-17-18-27-65(64)44-62)104-85(120)66(43-61-32-35-68(36-33-61)127-41-39-96)49-77(116)83-92(9,10)128-129-93(11,12)84(102-60(8)114)90(125)106-75(50-80(98)119)88(123)108-82(58(6)112)89(124)105-74(48-67-53-101-81-55(3)24-23-28-69(67)81)87(122)103-71(86(121)109-83)30-16-14-15-25-56(4)110/h17-18,23-24,26-28,31-36,44,53-54,58,63,66,70-75,82-84,100-101,112H,14-16,19-22,25,29-30,37-43,45-52,95-96H2,1-13H3,(H2,97,118)(H2,98,119)(H,99,113)(H,102,114)(H,103,122)(H,104,120)(H,105,124)(H,106,125)(H,107,126)(H,108,123)(H,109,121)/t58-,63+,66-,70+,71+,72-,73+,74+,75+,82+,83-,84-,94-/m1/s1. The SMILES string of the molecule is CC(=O)CCCCC[C@@H]1NC(=O)[C@H](Cc2c[nH]c3c(C)cccc23)NC(=O)[C@H]([C@@H](C)O)NC(=O)[C@H](CC(N)=O)NC(=O)[C@@H](NC(C)=O)C(C)(C)SSC(C)(C)[C@@H](C(=O)C[C@@H](Cc2ccc(OCCN)cc2)C(=O)N[C@@H](Cc2ccc3ccccc3c2)C(=O)C[C@@](C)(CCCCN)C(=O)N[C@@H](CCCCNC(C)=O)C(=O)C[C@H](CN[C@H](CC(C)C)C(C)=O)CC(N)=O)NC1=O. The number of amides is 11. The molecule has 0 unspecified atom stereocenters. The van der Waals surface area contributed by atoms with E-state index in [-0.39, 0.29) is 120 Å². The van der Waals surface area contributed by atoms with Crippen molar-refractivity contribution >= 4 is 137 Å². The molecule has 0 radical (unpaired) electrons. The van der Waals surface area contributed by atoms with Crippen LogP contribution in [-0.4, -0.2) is 207 Å². The molecule has 0 spiro atoms. The van der Waals surface area contributed by atoms with Gasteiger partial charge in [-0.05, 0) is 190 Å². The molecule has 6 rings (SSSR count). The van der Waals surface area contributed by atoms with Crippen molar-refractivity contribution < 1.29 is 86.6 Å². The molecular weight excluding hydrogens is 1690 g/mol. The molecule has 708 valence electrons. The Morgan fingerprint density at radius 3 is 1.91 bits per heavy atom. The van der Waals surface area contributed by atoms with Gasteiger partial charge in [0.2, 0.25) is 65.0 Å². The Bertz CT molecular complexity index is 4730. The van der Waals surface area contributed by atoms with Gasteiger partial charge in [-0.3, -0.25) is 71.9 Å². The molecule has 0 aliphatic carbocycles. The van der Waals surface area contributed by atoms with E-state index in [1.807, 2.05) is 63.2 Å². The lowest BCUT2D eigenvalue weighted by molar-refractivity contribution is -0.139. The molecule has 1 aliphatic heterocycles. The first kappa shape index (κ1) is 107. The fourth-order valence-electron chi connectivity index (χ4n) is 15.8. The second kappa shape index (κ2) is 51.8. The molecule has 35 heteroatoms. The molecule has 4 aromatic carbocycles. The first-order valence-corrected chi connectivity index (χ1v) is 46.7. The molecule has 0 bridgehead atoms. The van der Waals surface area contributed by atoms with Crippen molar-refractivity contribution in [3.05, 3.63) is 113 Å². The minimum absolute atomic E-state index is 0.0464. The van der Waals surface area contributed by atoms with Gasteiger partial charge in [0.1, 0.15) is 60.2 Å². The molecule has 1 fully saturated rings. The van der Waals surface area contributed by atoms with Crippen LogP contribution in [0.5, 0.6) is 5.75 Å². The van der Waals surface area contributed by atoms with Crippen LogP contribution in [0.2, 0.25) is 0 Å². The topological polar surface area (TPSA) is 543 Å². The molecule has 1 aromatic heterocycles. The summed E-state index contributed by atoms with van der Waals surface area (Å²) < 4.78 is 2.78. The molecule has 2 heterocycles. The molecule has 1 aliphatic rings. The third-order valence-electron chi connectivity index (χ3n) is 23.1. The number of benzene rings is 4. The van der Waals surface area contributed by atoms with E-state index in [1.54, 1.807) is 83.3 Å². The predicted molar refractivity (Wildman–Crippen MR) is 498 cm³/mol. The zero-order chi connectivity index (χ0) is 95.6. The summed E-state index contributed by atoms with van der Waals surface area (Å²) in [6.07, 6.45) is -0.245. The number of aromatic amines is 1. The summed E-state index contributed by atoms with van der Waals surface area (Å²) in [5.41, 5.74) is 24.9. The lowest BCUT2D eigenvalue weighted by Gasteiger charge is -2.39. The van der Waals surface area contributed by atoms with Gasteiger partial charge in [-0.2, -0.15) is 0 Å². The van der Waals surface area contributed by atoms with E-state index in [0.717, 1.165) is 44.8 Å². The van der Waals surface area contributed by atoms with Crippen molar-refractivity contribution in [2.24, 2.45) is 46.1 Å². The second-order valence-corrected chi connectivity index (χ2v) is 39.4. The number of aliphatic hydroxyl groups is 1. The highest BCUT2D eigenvalue weighted by atomic mass is 33.1. The van der Waals surface area contributed by atoms with E-state index in [0.29, 0.717) is 78.3 Å². The summed E-state index contributed by atoms with van der Waals surface area (Å²) in [7, 11) is 1.95. The summed E-state index contributed by atoms with van der Waals surface area (Å²) in [4.78, 5) is 234. The number of ether oxygens (including phenoxy) is 1. The van der Waals surface area contributed by atoms with Gasteiger partial charge in [0, 0.05) is 98.0 Å². The predicted octanol–water partition coefficient (Wildman–Crippen LogP) is 5.66. The van der Waals surface area contributed by atoms with Crippen LogP contribution in [0, 0.1) is 30.1 Å². The number of aliphatic hydroxyl groups excluding tert-OH is 1. The third-order valence-corrected chi connectivity index (χ3v) is 27.3. The number of para-hydroxylation sites is 1. The average molecular weight is 1830 g/mol. The fourth-order valence-corrected chi connectivity index (χ4v) is 18.7. The zero-order valence-corrected chi connectivity index (χ0v) is 78.5. The third kappa shape index (κ3) is 35.1. The van der Waals surface area contributed by atoms with Gasteiger partial charge in [-0.25, -0.2) is 0 Å². The van der Waals surface area contributed by atoms with Crippen molar-refractivity contribution in [1.29, 1.82) is 0 Å².